The standard InChI is InChI=1S/C32H36N2O6/c1-2-32(19-9-10-20-32)40-31(37)33-27-17-15-24(16-18-27)21-28(29(35)38-22-25-11-5-3-6-12-25)34-30(36)39-23-26-13-7-4-8-14-26/h3-8,11-18,28H,2,9-10,19-23H2,1H3,(H,33,37)(H,34,36). The van der Waals surface area contributed by atoms with Crippen LogP contribution in [-0.4, -0.2) is 29.8 Å². The van der Waals surface area contributed by atoms with E-state index in [1.54, 1.807) is 24.3 Å². The maximum absolute atomic E-state index is 13.0. The van der Waals surface area contributed by atoms with Gasteiger partial charge in [0, 0.05) is 12.1 Å². The summed E-state index contributed by atoms with van der Waals surface area (Å²) in [6.45, 7) is 2.20. The van der Waals surface area contributed by atoms with Gasteiger partial charge in [-0.2, -0.15) is 0 Å². The van der Waals surface area contributed by atoms with E-state index in [4.69, 9.17) is 14.2 Å². The summed E-state index contributed by atoms with van der Waals surface area (Å²) < 4.78 is 16.6. The highest BCUT2D eigenvalue weighted by molar-refractivity contribution is 5.85. The predicted molar refractivity (Wildman–Crippen MR) is 152 cm³/mol. The number of anilines is 1. The summed E-state index contributed by atoms with van der Waals surface area (Å²) in [4.78, 5) is 38.1. The fraction of sp³-hybridized carbons (Fsp3) is 0.344. The molecule has 2 N–H and O–H groups in total. The summed E-state index contributed by atoms with van der Waals surface area (Å²) >= 11 is 0. The lowest BCUT2D eigenvalue weighted by molar-refractivity contribution is -0.147. The monoisotopic (exact) mass is 544 g/mol. The number of ether oxygens (including phenoxy) is 3. The molecule has 0 aromatic heterocycles. The van der Waals surface area contributed by atoms with E-state index >= 15 is 0 Å². The fourth-order valence-electron chi connectivity index (χ4n) is 4.78. The van der Waals surface area contributed by atoms with Crippen LogP contribution in [0.2, 0.25) is 0 Å². The van der Waals surface area contributed by atoms with Gasteiger partial charge in [0.2, 0.25) is 0 Å². The van der Waals surface area contributed by atoms with E-state index in [1.165, 1.54) is 0 Å². The number of hydrogen-bond acceptors (Lipinski definition) is 6. The first-order chi connectivity index (χ1) is 19.4. The van der Waals surface area contributed by atoms with E-state index in [0.717, 1.165) is 48.8 Å². The summed E-state index contributed by atoms with van der Waals surface area (Å²) in [5.74, 6) is -0.576. The molecule has 1 aliphatic carbocycles. The van der Waals surface area contributed by atoms with Gasteiger partial charge in [-0.15, -0.1) is 0 Å². The molecule has 1 unspecified atom stereocenters. The van der Waals surface area contributed by atoms with Crippen LogP contribution < -0.4 is 10.6 Å². The van der Waals surface area contributed by atoms with Gasteiger partial charge in [-0.1, -0.05) is 79.7 Å². The Morgan fingerprint density at radius 2 is 1.32 bits per heavy atom. The molecule has 4 rings (SSSR count). The van der Waals surface area contributed by atoms with Crippen molar-refractivity contribution in [2.75, 3.05) is 5.32 Å². The van der Waals surface area contributed by atoms with Crippen molar-refractivity contribution in [1.82, 2.24) is 5.32 Å². The lowest BCUT2D eigenvalue weighted by atomic mass is 9.99. The molecule has 1 fully saturated rings. The van der Waals surface area contributed by atoms with Gasteiger partial charge in [0.25, 0.3) is 0 Å². The zero-order valence-corrected chi connectivity index (χ0v) is 22.8. The Hall–Kier alpha value is -4.33. The Kier molecular flexibility index (Phi) is 10.2. The third-order valence-corrected chi connectivity index (χ3v) is 7.12. The molecule has 8 nitrogen and oxygen atoms in total. The Balaban J connectivity index is 1.36. The molecule has 40 heavy (non-hydrogen) atoms. The summed E-state index contributed by atoms with van der Waals surface area (Å²) in [6, 6.07) is 24.7. The first-order valence-electron chi connectivity index (χ1n) is 13.7. The Bertz CT molecular complexity index is 1240. The van der Waals surface area contributed by atoms with Crippen molar-refractivity contribution >= 4 is 23.8 Å². The largest absolute Gasteiger partial charge is 0.459 e. The van der Waals surface area contributed by atoms with Crippen LogP contribution in [0.15, 0.2) is 84.9 Å². The summed E-state index contributed by atoms with van der Waals surface area (Å²) in [5.41, 5.74) is 2.64. The highest BCUT2D eigenvalue weighted by Crippen LogP contribution is 2.36. The van der Waals surface area contributed by atoms with Crippen molar-refractivity contribution in [2.45, 2.75) is 70.3 Å². The van der Waals surface area contributed by atoms with Crippen LogP contribution in [0.25, 0.3) is 0 Å². The average molecular weight is 545 g/mol. The van der Waals surface area contributed by atoms with Crippen molar-refractivity contribution in [3.05, 3.63) is 102 Å². The van der Waals surface area contributed by atoms with Gasteiger partial charge in [0.15, 0.2) is 0 Å². The van der Waals surface area contributed by atoms with Crippen LogP contribution >= 0.6 is 0 Å². The molecule has 2 amide bonds. The number of carbonyl (C=O) groups excluding carboxylic acids is 3. The molecule has 1 atom stereocenters. The van der Waals surface area contributed by atoms with E-state index in [0.29, 0.717) is 5.69 Å². The summed E-state index contributed by atoms with van der Waals surface area (Å²) in [7, 11) is 0. The highest BCUT2D eigenvalue weighted by Gasteiger charge is 2.36. The van der Waals surface area contributed by atoms with Crippen LogP contribution in [0.1, 0.15) is 55.7 Å². The van der Waals surface area contributed by atoms with Gasteiger partial charge >= 0.3 is 18.2 Å². The van der Waals surface area contributed by atoms with Crippen molar-refractivity contribution in [1.29, 1.82) is 0 Å². The molecule has 0 spiro atoms. The van der Waals surface area contributed by atoms with E-state index in [2.05, 4.69) is 10.6 Å². The van der Waals surface area contributed by atoms with Crippen LogP contribution in [0, 0.1) is 0 Å². The van der Waals surface area contributed by atoms with Gasteiger partial charge in [0.1, 0.15) is 24.9 Å². The molecule has 8 heteroatoms. The highest BCUT2D eigenvalue weighted by atomic mass is 16.6. The second kappa shape index (κ2) is 14.2. The molecule has 0 saturated heterocycles. The maximum atomic E-state index is 13.0. The topological polar surface area (TPSA) is 103 Å². The molecule has 1 saturated carbocycles. The van der Waals surface area contributed by atoms with Gasteiger partial charge in [-0.3, -0.25) is 5.32 Å². The first kappa shape index (κ1) is 28.7. The van der Waals surface area contributed by atoms with Crippen molar-refractivity contribution in [3.63, 3.8) is 0 Å². The molecule has 1 aliphatic rings. The molecule has 0 heterocycles. The van der Waals surface area contributed by atoms with E-state index in [-0.39, 0.29) is 25.2 Å². The number of nitrogens with one attached hydrogen (secondary N) is 2. The quantitative estimate of drug-likeness (QED) is 0.210. The van der Waals surface area contributed by atoms with Crippen molar-refractivity contribution in [3.8, 4) is 0 Å². The molecule has 210 valence electrons. The lowest BCUT2D eigenvalue weighted by Gasteiger charge is -2.27. The van der Waals surface area contributed by atoms with E-state index in [1.807, 2.05) is 67.6 Å². The van der Waals surface area contributed by atoms with Gasteiger partial charge < -0.3 is 19.5 Å². The second-order valence-corrected chi connectivity index (χ2v) is 10.0. The second-order valence-electron chi connectivity index (χ2n) is 10.0. The fourth-order valence-corrected chi connectivity index (χ4v) is 4.78. The zero-order valence-electron chi connectivity index (χ0n) is 22.8. The zero-order chi connectivity index (χ0) is 28.2. The maximum Gasteiger partial charge on any atom is 0.412 e. The first-order valence-corrected chi connectivity index (χ1v) is 13.7. The number of benzene rings is 3. The average Bonchev–Trinajstić information content (AvgIpc) is 3.45. The van der Waals surface area contributed by atoms with E-state index in [9.17, 15) is 14.4 Å². The Morgan fingerprint density at radius 3 is 1.90 bits per heavy atom. The molecule has 3 aromatic carbocycles. The molecule has 3 aromatic rings. The van der Waals surface area contributed by atoms with Crippen molar-refractivity contribution < 1.29 is 28.6 Å². The minimum atomic E-state index is -0.970. The van der Waals surface area contributed by atoms with Crippen LogP contribution in [0.5, 0.6) is 0 Å². The smallest absolute Gasteiger partial charge is 0.412 e. The number of rotatable bonds is 11. The molecular weight excluding hydrogens is 508 g/mol. The number of amides is 2. The molecule has 0 aliphatic heterocycles. The van der Waals surface area contributed by atoms with Gasteiger partial charge in [-0.25, -0.2) is 14.4 Å². The third kappa shape index (κ3) is 8.59. The minimum absolute atomic E-state index is 0.0776. The number of alkyl carbamates (subject to hydrolysis) is 1. The molecule has 0 bridgehead atoms. The Labute approximate surface area is 235 Å². The van der Waals surface area contributed by atoms with Gasteiger partial charge in [0.05, 0.1) is 0 Å². The summed E-state index contributed by atoms with van der Waals surface area (Å²) in [5, 5.41) is 5.44. The number of carbonyl (C=O) groups is 3. The lowest BCUT2D eigenvalue weighted by Crippen LogP contribution is -2.43. The number of esters is 1. The van der Waals surface area contributed by atoms with E-state index < -0.39 is 24.2 Å². The van der Waals surface area contributed by atoms with Crippen molar-refractivity contribution in [2.24, 2.45) is 0 Å². The third-order valence-electron chi connectivity index (χ3n) is 7.12. The SMILES string of the molecule is CCC1(OC(=O)Nc2ccc(CC(NC(=O)OCc3ccccc3)C(=O)OCc3ccccc3)cc2)CCCC1. The van der Waals surface area contributed by atoms with Crippen LogP contribution in [0.4, 0.5) is 15.3 Å². The number of hydrogen-bond donors (Lipinski definition) is 2. The normalized spacial score (nSPS) is 14.5. The van der Waals surface area contributed by atoms with Crippen LogP contribution in [-0.2, 0) is 38.6 Å². The Morgan fingerprint density at radius 1 is 0.750 bits per heavy atom. The molecule has 0 radical (unpaired) electrons. The predicted octanol–water partition coefficient (Wildman–Crippen LogP) is 6.54. The minimum Gasteiger partial charge on any atom is -0.459 e. The van der Waals surface area contributed by atoms with Crippen LogP contribution in [0.3, 0.4) is 0 Å². The van der Waals surface area contributed by atoms with Gasteiger partial charge in [-0.05, 0) is 60.9 Å². The molecular formula is C32H36N2O6. The summed E-state index contributed by atoms with van der Waals surface area (Å²) in [6.07, 6.45) is 3.69.